The van der Waals surface area contributed by atoms with E-state index in [1.54, 1.807) is 18.2 Å². The van der Waals surface area contributed by atoms with Crippen LogP contribution in [0.2, 0.25) is 0 Å². The number of methoxy groups -OCH3 is 2. The number of benzene rings is 2. The molecule has 0 saturated carbocycles. The summed E-state index contributed by atoms with van der Waals surface area (Å²) >= 11 is 0. The van der Waals surface area contributed by atoms with Crippen molar-refractivity contribution in [3.63, 3.8) is 0 Å². The first-order valence-electron chi connectivity index (χ1n) is 9.22. The lowest BCUT2D eigenvalue weighted by Crippen LogP contribution is -2.47. The van der Waals surface area contributed by atoms with Gasteiger partial charge >= 0.3 is 0 Å². The van der Waals surface area contributed by atoms with Crippen LogP contribution in [0.25, 0.3) is 0 Å². The van der Waals surface area contributed by atoms with Crippen molar-refractivity contribution in [3.8, 4) is 11.5 Å². The molecule has 2 amide bonds. The van der Waals surface area contributed by atoms with Gasteiger partial charge in [0.25, 0.3) is 5.91 Å². The number of carbonyl (C=O) groups excluding carboxylic acids is 2. The van der Waals surface area contributed by atoms with Crippen LogP contribution in [-0.4, -0.2) is 70.3 Å². The number of carbonyl (C=O) groups is 2. The number of ether oxygens (including phenoxy) is 2. The van der Waals surface area contributed by atoms with Gasteiger partial charge in [-0.3, -0.25) is 9.59 Å². The molecule has 1 aliphatic rings. The van der Waals surface area contributed by atoms with Crippen LogP contribution in [-0.2, 0) is 14.8 Å². The second-order valence-electron chi connectivity index (χ2n) is 6.59. The molecule has 0 bridgehead atoms. The zero-order chi connectivity index (χ0) is 21.7. The van der Waals surface area contributed by atoms with E-state index in [9.17, 15) is 18.0 Å². The topological polar surface area (TPSA) is 105 Å². The summed E-state index contributed by atoms with van der Waals surface area (Å²) in [6.45, 7) is 1.18. The molecular formula is C20H23N3O6S. The number of rotatable bonds is 7. The Morgan fingerprint density at radius 2 is 1.67 bits per heavy atom. The average Bonchev–Trinajstić information content (AvgIpc) is 2.79. The first kappa shape index (κ1) is 21.6. The van der Waals surface area contributed by atoms with Gasteiger partial charge in [-0.2, -0.15) is 4.31 Å². The highest BCUT2D eigenvalue weighted by Crippen LogP contribution is 2.29. The van der Waals surface area contributed by atoms with Crippen LogP contribution in [0.3, 0.4) is 0 Å². The number of nitrogens with one attached hydrogen (secondary N) is 1. The molecule has 0 radical (unpaired) electrons. The van der Waals surface area contributed by atoms with E-state index < -0.39 is 15.9 Å². The maximum absolute atomic E-state index is 12.8. The van der Waals surface area contributed by atoms with E-state index in [1.807, 2.05) is 0 Å². The first-order chi connectivity index (χ1) is 14.4. The van der Waals surface area contributed by atoms with E-state index in [1.165, 1.54) is 47.7 Å². The minimum atomic E-state index is -3.69. The molecule has 0 aliphatic carbocycles. The standard InChI is InChI=1S/C20H23N3O6S/c1-28-16-5-8-19(29-2)18(13-16)21-20(25)15-3-6-17(7-4-15)30(26,27)23-11-9-22(14-24)10-12-23/h3-8,13-14H,9-12H2,1-2H3,(H,21,25). The van der Waals surface area contributed by atoms with Crippen molar-refractivity contribution in [2.75, 3.05) is 45.7 Å². The lowest BCUT2D eigenvalue weighted by atomic mass is 10.2. The number of hydrogen-bond acceptors (Lipinski definition) is 6. The summed E-state index contributed by atoms with van der Waals surface area (Å²) in [7, 11) is -0.681. The highest BCUT2D eigenvalue weighted by molar-refractivity contribution is 7.89. The molecule has 160 valence electrons. The van der Waals surface area contributed by atoms with Gasteiger partial charge < -0.3 is 19.7 Å². The summed E-state index contributed by atoms with van der Waals surface area (Å²) in [6.07, 6.45) is 0.717. The number of piperazine rings is 1. The normalized spacial score (nSPS) is 14.8. The molecule has 1 fully saturated rings. The number of hydrogen-bond donors (Lipinski definition) is 1. The van der Waals surface area contributed by atoms with E-state index in [2.05, 4.69) is 5.32 Å². The summed E-state index contributed by atoms with van der Waals surface area (Å²) in [5.41, 5.74) is 0.733. The maximum atomic E-state index is 12.8. The number of sulfonamides is 1. The summed E-state index contributed by atoms with van der Waals surface area (Å²) in [4.78, 5) is 25.0. The van der Waals surface area contributed by atoms with E-state index in [0.29, 0.717) is 42.2 Å². The predicted molar refractivity (Wildman–Crippen MR) is 110 cm³/mol. The first-order valence-corrected chi connectivity index (χ1v) is 10.7. The highest BCUT2D eigenvalue weighted by Gasteiger charge is 2.28. The molecule has 30 heavy (non-hydrogen) atoms. The lowest BCUT2D eigenvalue weighted by Gasteiger charge is -2.31. The van der Waals surface area contributed by atoms with E-state index in [4.69, 9.17) is 9.47 Å². The molecule has 0 unspecified atom stereocenters. The average molecular weight is 433 g/mol. The van der Waals surface area contributed by atoms with Gasteiger partial charge in [-0.25, -0.2) is 8.42 Å². The van der Waals surface area contributed by atoms with Gasteiger partial charge in [0.05, 0.1) is 24.8 Å². The van der Waals surface area contributed by atoms with E-state index in [0.717, 1.165) is 0 Å². The van der Waals surface area contributed by atoms with Crippen LogP contribution < -0.4 is 14.8 Å². The van der Waals surface area contributed by atoms with Gasteiger partial charge in [-0.1, -0.05) is 0 Å². The van der Waals surface area contributed by atoms with Gasteiger partial charge in [-0.15, -0.1) is 0 Å². The third kappa shape index (κ3) is 4.55. The Labute approximate surface area is 175 Å². The van der Waals surface area contributed by atoms with Crippen LogP contribution in [0, 0.1) is 0 Å². The molecule has 2 aromatic rings. The van der Waals surface area contributed by atoms with E-state index >= 15 is 0 Å². The SMILES string of the molecule is COc1ccc(OC)c(NC(=O)c2ccc(S(=O)(=O)N3CCN(C=O)CC3)cc2)c1. The molecule has 1 N–H and O–H groups in total. The van der Waals surface area contributed by atoms with Crippen molar-refractivity contribution in [3.05, 3.63) is 48.0 Å². The number of amides is 2. The Bertz CT molecular complexity index is 1020. The maximum Gasteiger partial charge on any atom is 0.255 e. The zero-order valence-corrected chi connectivity index (χ0v) is 17.5. The third-order valence-electron chi connectivity index (χ3n) is 4.83. The summed E-state index contributed by atoms with van der Waals surface area (Å²) in [6, 6.07) is 10.7. The van der Waals surface area contributed by atoms with E-state index in [-0.39, 0.29) is 18.0 Å². The molecule has 10 heteroatoms. The molecule has 2 aromatic carbocycles. The molecule has 1 aliphatic heterocycles. The highest BCUT2D eigenvalue weighted by atomic mass is 32.2. The number of nitrogens with zero attached hydrogens (tertiary/aromatic N) is 2. The quantitative estimate of drug-likeness (QED) is 0.662. The van der Waals surface area contributed by atoms with Crippen LogP contribution in [0.5, 0.6) is 11.5 Å². The monoisotopic (exact) mass is 433 g/mol. The Balaban J connectivity index is 1.74. The number of anilines is 1. The van der Waals surface area contributed by atoms with Gasteiger partial charge in [0, 0.05) is 37.8 Å². The lowest BCUT2D eigenvalue weighted by molar-refractivity contribution is -0.119. The molecule has 0 spiro atoms. The summed E-state index contributed by atoms with van der Waals surface area (Å²) in [5, 5.41) is 2.74. The Hall–Kier alpha value is -3.11. The van der Waals surface area contributed by atoms with Gasteiger partial charge in [0.1, 0.15) is 11.5 Å². The molecule has 3 rings (SSSR count). The molecule has 0 atom stereocenters. The van der Waals surface area contributed by atoms with Crippen molar-refractivity contribution >= 4 is 28.0 Å². The van der Waals surface area contributed by atoms with Gasteiger partial charge in [0.2, 0.25) is 16.4 Å². The van der Waals surface area contributed by atoms with Gasteiger partial charge in [0.15, 0.2) is 0 Å². The fourth-order valence-corrected chi connectivity index (χ4v) is 4.51. The Kier molecular flexibility index (Phi) is 6.58. The second kappa shape index (κ2) is 9.14. The molecular weight excluding hydrogens is 410 g/mol. The molecule has 1 saturated heterocycles. The van der Waals surface area contributed by atoms with Crippen LogP contribution in [0.15, 0.2) is 47.4 Å². The molecule has 1 heterocycles. The van der Waals surface area contributed by atoms with Crippen molar-refractivity contribution < 1.29 is 27.5 Å². The fraction of sp³-hybridized carbons (Fsp3) is 0.300. The minimum Gasteiger partial charge on any atom is -0.497 e. The summed E-state index contributed by atoms with van der Waals surface area (Å²) < 4.78 is 37.3. The van der Waals surface area contributed by atoms with Crippen molar-refractivity contribution in [1.29, 1.82) is 0 Å². The Morgan fingerprint density at radius 1 is 1.00 bits per heavy atom. The smallest absolute Gasteiger partial charge is 0.255 e. The Morgan fingerprint density at radius 3 is 2.23 bits per heavy atom. The van der Waals surface area contributed by atoms with Crippen molar-refractivity contribution in [2.45, 2.75) is 4.90 Å². The van der Waals surface area contributed by atoms with Crippen molar-refractivity contribution in [2.24, 2.45) is 0 Å². The fourth-order valence-electron chi connectivity index (χ4n) is 3.08. The van der Waals surface area contributed by atoms with Crippen molar-refractivity contribution in [1.82, 2.24) is 9.21 Å². The molecule has 0 aromatic heterocycles. The zero-order valence-electron chi connectivity index (χ0n) is 16.7. The summed E-state index contributed by atoms with van der Waals surface area (Å²) in [5.74, 6) is 0.616. The minimum absolute atomic E-state index is 0.0950. The molecule has 9 nitrogen and oxygen atoms in total. The third-order valence-corrected chi connectivity index (χ3v) is 6.74. The van der Waals surface area contributed by atoms with Gasteiger partial charge in [-0.05, 0) is 36.4 Å². The predicted octanol–water partition coefficient (Wildman–Crippen LogP) is 1.42. The largest absolute Gasteiger partial charge is 0.497 e. The van der Waals surface area contributed by atoms with Crippen LogP contribution >= 0.6 is 0 Å². The van der Waals surface area contributed by atoms with Crippen LogP contribution in [0.1, 0.15) is 10.4 Å². The van der Waals surface area contributed by atoms with Crippen LogP contribution in [0.4, 0.5) is 5.69 Å². The second-order valence-corrected chi connectivity index (χ2v) is 8.53.